The molecule has 0 unspecified atom stereocenters. The first kappa shape index (κ1) is 17.8. The third-order valence-corrected chi connectivity index (χ3v) is 4.31. The first-order valence-corrected chi connectivity index (χ1v) is 8.84. The number of ether oxygens (including phenoxy) is 1. The zero-order chi connectivity index (χ0) is 16.5. The van der Waals surface area contributed by atoms with E-state index in [2.05, 4.69) is 24.5 Å². The number of amides is 1. The molecular formula is C19H30N2O2. The predicted molar refractivity (Wildman–Crippen MR) is 93.3 cm³/mol. The first-order valence-electron chi connectivity index (χ1n) is 8.84. The maximum atomic E-state index is 11.7. The van der Waals surface area contributed by atoms with Gasteiger partial charge in [-0.3, -0.25) is 0 Å². The molecule has 0 saturated heterocycles. The summed E-state index contributed by atoms with van der Waals surface area (Å²) in [7, 11) is 0. The van der Waals surface area contributed by atoms with E-state index in [4.69, 9.17) is 4.74 Å². The van der Waals surface area contributed by atoms with Gasteiger partial charge in [0.15, 0.2) is 0 Å². The Morgan fingerprint density at radius 3 is 2.61 bits per heavy atom. The minimum Gasteiger partial charge on any atom is -0.445 e. The van der Waals surface area contributed by atoms with Crippen molar-refractivity contribution in [3.63, 3.8) is 0 Å². The Labute approximate surface area is 140 Å². The molecule has 1 amide bonds. The summed E-state index contributed by atoms with van der Waals surface area (Å²) < 4.78 is 5.23. The van der Waals surface area contributed by atoms with E-state index in [0.29, 0.717) is 12.6 Å². The van der Waals surface area contributed by atoms with Crippen LogP contribution in [-0.4, -0.2) is 24.7 Å². The fraction of sp³-hybridized carbons (Fsp3) is 0.632. The van der Waals surface area contributed by atoms with Crippen molar-refractivity contribution >= 4 is 6.09 Å². The molecule has 1 aliphatic rings. The van der Waals surface area contributed by atoms with E-state index in [1.54, 1.807) is 0 Å². The first-order chi connectivity index (χ1) is 11.1. The van der Waals surface area contributed by atoms with E-state index in [-0.39, 0.29) is 12.1 Å². The van der Waals surface area contributed by atoms with Crippen molar-refractivity contribution in [1.82, 2.24) is 10.6 Å². The highest BCUT2D eigenvalue weighted by Gasteiger charge is 2.29. The van der Waals surface area contributed by atoms with Crippen LogP contribution in [0.25, 0.3) is 0 Å². The Balaban J connectivity index is 1.48. The minimum absolute atomic E-state index is 0.256. The molecule has 1 fully saturated rings. The number of benzene rings is 1. The van der Waals surface area contributed by atoms with Crippen molar-refractivity contribution in [1.29, 1.82) is 0 Å². The predicted octanol–water partition coefficient (Wildman–Crippen LogP) is 3.86. The smallest absolute Gasteiger partial charge is 0.407 e. The number of hydrogen-bond donors (Lipinski definition) is 2. The zero-order valence-electron chi connectivity index (χ0n) is 14.4. The van der Waals surface area contributed by atoms with Crippen molar-refractivity contribution in [2.24, 2.45) is 5.92 Å². The maximum absolute atomic E-state index is 11.7. The highest BCUT2D eigenvalue weighted by atomic mass is 16.5. The second-order valence-electron chi connectivity index (χ2n) is 6.92. The van der Waals surface area contributed by atoms with Crippen LogP contribution in [0.3, 0.4) is 0 Å². The lowest BCUT2D eigenvalue weighted by Crippen LogP contribution is -2.52. The Kier molecular flexibility index (Phi) is 7.40. The SMILES string of the molecule is CC(C)CCCCNC1CC(NC(=O)OCc2ccccc2)C1. The number of rotatable bonds is 9. The largest absolute Gasteiger partial charge is 0.445 e. The van der Waals surface area contributed by atoms with Gasteiger partial charge in [0.25, 0.3) is 0 Å². The highest BCUT2D eigenvalue weighted by molar-refractivity contribution is 5.67. The summed E-state index contributed by atoms with van der Waals surface area (Å²) in [6.07, 6.45) is 5.55. The molecule has 128 valence electrons. The molecule has 1 aromatic carbocycles. The van der Waals surface area contributed by atoms with Crippen LogP contribution >= 0.6 is 0 Å². The van der Waals surface area contributed by atoms with Crippen molar-refractivity contribution in [3.8, 4) is 0 Å². The molecule has 0 heterocycles. The number of alkyl carbamates (subject to hydrolysis) is 1. The van der Waals surface area contributed by atoms with Crippen molar-refractivity contribution in [2.75, 3.05) is 6.54 Å². The van der Waals surface area contributed by atoms with Gasteiger partial charge in [-0.15, -0.1) is 0 Å². The second kappa shape index (κ2) is 9.56. The molecule has 0 aromatic heterocycles. The topological polar surface area (TPSA) is 50.4 Å². The van der Waals surface area contributed by atoms with E-state index < -0.39 is 0 Å². The number of carbonyl (C=O) groups excluding carboxylic acids is 1. The van der Waals surface area contributed by atoms with Crippen LogP contribution in [0.2, 0.25) is 0 Å². The van der Waals surface area contributed by atoms with Gasteiger partial charge in [-0.2, -0.15) is 0 Å². The average molecular weight is 318 g/mol. The molecule has 0 aliphatic heterocycles. The molecule has 23 heavy (non-hydrogen) atoms. The summed E-state index contributed by atoms with van der Waals surface area (Å²) in [6, 6.07) is 10.6. The van der Waals surface area contributed by atoms with Gasteiger partial charge in [0.2, 0.25) is 0 Å². The van der Waals surface area contributed by atoms with E-state index in [1.165, 1.54) is 19.3 Å². The number of carbonyl (C=O) groups is 1. The van der Waals surface area contributed by atoms with E-state index >= 15 is 0 Å². The van der Waals surface area contributed by atoms with Crippen LogP contribution in [0.4, 0.5) is 4.79 Å². The van der Waals surface area contributed by atoms with Crippen LogP contribution < -0.4 is 10.6 Å². The molecule has 0 radical (unpaired) electrons. The molecule has 1 aromatic rings. The molecular weight excluding hydrogens is 288 g/mol. The minimum atomic E-state index is -0.311. The van der Waals surface area contributed by atoms with Crippen LogP contribution in [0.5, 0.6) is 0 Å². The van der Waals surface area contributed by atoms with Gasteiger partial charge in [-0.05, 0) is 37.3 Å². The molecule has 0 bridgehead atoms. The molecule has 4 nitrogen and oxygen atoms in total. The summed E-state index contributed by atoms with van der Waals surface area (Å²) in [6.45, 7) is 5.96. The fourth-order valence-corrected chi connectivity index (χ4v) is 2.82. The van der Waals surface area contributed by atoms with Crippen molar-refractivity contribution in [2.45, 2.75) is 64.6 Å². The maximum Gasteiger partial charge on any atom is 0.407 e. The van der Waals surface area contributed by atoms with Gasteiger partial charge in [-0.1, -0.05) is 57.0 Å². The summed E-state index contributed by atoms with van der Waals surface area (Å²) in [5.41, 5.74) is 1.01. The summed E-state index contributed by atoms with van der Waals surface area (Å²) in [4.78, 5) is 11.7. The average Bonchev–Trinajstić information content (AvgIpc) is 2.50. The Bertz CT molecular complexity index is 456. The third-order valence-electron chi connectivity index (χ3n) is 4.31. The van der Waals surface area contributed by atoms with Gasteiger partial charge in [-0.25, -0.2) is 4.79 Å². The standard InChI is InChI=1S/C19H30N2O2/c1-15(2)8-6-7-11-20-17-12-18(13-17)21-19(22)23-14-16-9-4-3-5-10-16/h3-5,9-10,15,17-18,20H,6-8,11-14H2,1-2H3,(H,21,22). The van der Waals surface area contributed by atoms with E-state index in [0.717, 1.165) is 30.9 Å². The van der Waals surface area contributed by atoms with Crippen molar-refractivity contribution in [3.05, 3.63) is 35.9 Å². The molecule has 2 N–H and O–H groups in total. The van der Waals surface area contributed by atoms with Crippen molar-refractivity contribution < 1.29 is 9.53 Å². The van der Waals surface area contributed by atoms with Gasteiger partial charge >= 0.3 is 6.09 Å². The number of nitrogens with one attached hydrogen (secondary N) is 2. The lowest BCUT2D eigenvalue weighted by molar-refractivity contribution is 0.125. The summed E-state index contributed by atoms with van der Waals surface area (Å²) in [5, 5.41) is 6.49. The zero-order valence-corrected chi connectivity index (χ0v) is 14.4. The van der Waals surface area contributed by atoms with Gasteiger partial charge in [0.1, 0.15) is 6.61 Å². The normalized spacial score (nSPS) is 20.1. The molecule has 2 rings (SSSR count). The quantitative estimate of drug-likeness (QED) is 0.680. The van der Waals surface area contributed by atoms with E-state index in [1.807, 2.05) is 30.3 Å². The summed E-state index contributed by atoms with van der Waals surface area (Å²) >= 11 is 0. The third kappa shape index (κ3) is 7.04. The molecule has 0 atom stereocenters. The lowest BCUT2D eigenvalue weighted by Gasteiger charge is -2.36. The second-order valence-corrected chi connectivity index (χ2v) is 6.92. The Morgan fingerprint density at radius 1 is 1.17 bits per heavy atom. The monoisotopic (exact) mass is 318 g/mol. The van der Waals surface area contributed by atoms with Gasteiger partial charge in [0, 0.05) is 12.1 Å². The van der Waals surface area contributed by atoms with Crippen LogP contribution in [-0.2, 0) is 11.3 Å². The van der Waals surface area contributed by atoms with Gasteiger partial charge < -0.3 is 15.4 Å². The molecule has 1 saturated carbocycles. The Hall–Kier alpha value is -1.55. The molecule has 0 spiro atoms. The van der Waals surface area contributed by atoms with Crippen LogP contribution in [0.1, 0.15) is 51.5 Å². The fourth-order valence-electron chi connectivity index (χ4n) is 2.82. The van der Waals surface area contributed by atoms with Gasteiger partial charge in [0.05, 0.1) is 0 Å². The van der Waals surface area contributed by atoms with Crippen LogP contribution in [0.15, 0.2) is 30.3 Å². The molecule has 4 heteroatoms. The number of hydrogen-bond acceptors (Lipinski definition) is 3. The highest BCUT2D eigenvalue weighted by Crippen LogP contribution is 2.20. The Morgan fingerprint density at radius 2 is 1.91 bits per heavy atom. The molecule has 1 aliphatic carbocycles. The number of unbranched alkanes of at least 4 members (excludes halogenated alkanes) is 1. The van der Waals surface area contributed by atoms with Crippen LogP contribution in [0, 0.1) is 5.92 Å². The summed E-state index contributed by atoms with van der Waals surface area (Å²) in [5.74, 6) is 0.800. The lowest BCUT2D eigenvalue weighted by atomic mass is 9.87. The van der Waals surface area contributed by atoms with E-state index in [9.17, 15) is 4.79 Å².